The van der Waals surface area contributed by atoms with Gasteiger partial charge in [-0.15, -0.1) is 0 Å². The van der Waals surface area contributed by atoms with Crippen LogP contribution in [0.2, 0.25) is 0 Å². The van der Waals surface area contributed by atoms with Crippen LogP contribution in [0.25, 0.3) is 22.1 Å². The van der Waals surface area contributed by atoms with Crippen molar-refractivity contribution in [3.63, 3.8) is 0 Å². The fourth-order valence-corrected chi connectivity index (χ4v) is 5.77. The normalized spacial score (nSPS) is 13.8. The summed E-state index contributed by atoms with van der Waals surface area (Å²) in [5.41, 5.74) is 4.32. The molecule has 0 aliphatic carbocycles. The molecule has 5 aromatic rings. The Morgan fingerprint density at radius 2 is 1.74 bits per heavy atom. The van der Waals surface area contributed by atoms with Crippen molar-refractivity contribution in [2.75, 3.05) is 11.4 Å². The van der Waals surface area contributed by atoms with Gasteiger partial charge in [-0.05, 0) is 47.9 Å². The van der Waals surface area contributed by atoms with Gasteiger partial charge in [-0.3, -0.25) is 4.68 Å². The Bertz CT molecular complexity index is 1730. The molecule has 0 saturated carbocycles. The number of benzene rings is 2. The summed E-state index contributed by atoms with van der Waals surface area (Å²) in [6, 6.07) is 15.6. The standard InChI is InChI=1S/C25H21N5O4S/c1-28-15-20(14-26-28)17-2-6-21(7-3-17)29-11-10-19-13-27-30(23(19)16-29)35(32,33)22-8-4-18-5-9-25(31)34-24(18)12-22/h2-9,12-15H,10-11,16H2,1H3. The molecule has 4 heterocycles. The van der Waals surface area contributed by atoms with Gasteiger partial charge in [0.1, 0.15) is 5.58 Å². The molecule has 0 unspecified atom stereocenters. The van der Waals surface area contributed by atoms with Gasteiger partial charge in [-0.2, -0.15) is 22.7 Å². The van der Waals surface area contributed by atoms with Crippen molar-refractivity contribution in [1.29, 1.82) is 0 Å². The number of aryl methyl sites for hydroxylation is 1. The first kappa shape index (κ1) is 21.4. The monoisotopic (exact) mass is 487 g/mol. The fraction of sp³-hybridized carbons (Fsp3) is 0.160. The van der Waals surface area contributed by atoms with Crippen molar-refractivity contribution in [3.05, 3.63) is 94.9 Å². The quantitative estimate of drug-likeness (QED) is 0.359. The molecular formula is C25H21N5O4S. The molecule has 10 heteroatoms. The van der Waals surface area contributed by atoms with Gasteiger partial charge >= 0.3 is 5.63 Å². The largest absolute Gasteiger partial charge is 0.423 e. The van der Waals surface area contributed by atoms with Crippen molar-refractivity contribution >= 4 is 26.7 Å². The predicted molar refractivity (Wildman–Crippen MR) is 131 cm³/mol. The Morgan fingerprint density at radius 1 is 0.943 bits per heavy atom. The predicted octanol–water partition coefficient (Wildman–Crippen LogP) is 3.19. The Kier molecular flexibility index (Phi) is 4.85. The highest BCUT2D eigenvalue weighted by atomic mass is 32.2. The van der Waals surface area contributed by atoms with E-state index in [1.54, 1.807) is 23.0 Å². The number of rotatable bonds is 4. The molecule has 0 amide bonds. The second-order valence-electron chi connectivity index (χ2n) is 8.54. The first-order valence-corrected chi connectivity index (χ1v) is 12.5. The van der Waals surface area contributed by atoms with E-state index in [0.29, 0.717) is 24.0 Å². The summed E-state index contributed by atoms with van der Waals surface area (Å²) in [4.78, 5) is 13.8. The smallest absolute Gasteiger partial charge is 0.336 e. The maximum atomic E-state index is 13.5. The van der Waals surface area contributed by atoms with Crippen LogP contribution >= 0.6 is 0 Å². The van der Waals surface area contributed by atoms with Crippen LogP contribution < -0.4 is 10.5 Å². The number of anilines is 1. The van der Waals surface area contributed by atoms with Gasteiger partial charge in [0.05, 0.1) is 29.5 Å². The number of aromatic nitrogens is 4. The molecular weight excluding hydrogens is 466 g/mol. The Hall–Kier alpha value is -4.18. The third-order valence-electron chi connectivity index (χ3n) is 6.30. The molecule has 0 spiro atoms. The zero-order valence-electron chi connectivity index (χ0n) is 18.8. The average molecular weight is 488 g/mol. The molecule has 0 atom stereocenters. The van der Waals surface area contributed by atoms with Crippen molar-refractivity contribution < 1.29 is 12.8 Å². The lowest BCUT2D eigenvalue weighted by atomic mass is 10.1. The van der Waals surface area contributed by atoms with E-state index in [1.807, 2.05) is 43.7 Å². The van der Waals surface area contributed by atoms with Gasteiger partial charge in [0, 0.05) is 48.6 Å². The van der Waals surface area contributed by atoms with Crippen molar-refractivity contribution in [1.82, 2.24) is 19.0 Å². The maximum absolute atomic E-state index is 13.5. The number of hydrogen-bond acceptors (Lipinski definition) is 7. The molecule has 2 aromatic carbocycles. The minimum atomic E-state index is -3.98. The van der Waals surface area contributed by atoms with Crippen molar-refractivity contribution in [2.24, 2.45) is 7.05 Å². The van der Waals surface area contributed by atoms with Gasteiger partial charge in [0.25, 0.3) is 10.0 Å². The first-order chi connectivity index (χ1) is 16.9. The third-order valence-corrected chi connectivity index (χ3v) is 7.92. The third kappa shape index (κ3) is 3.71. The van der Waals surface area contributed by atoms with E-state index in [9.17, 15) is 13.2 Å². The van der Waals surface area contributed by atoms with E-state index >= 15 is 0 Å². The molecule has 0 saturated heterocycles. The van der Waals surface area contributed by atoms with Crippen LogP contribution in [-0.2, 0) is 30.0 Å². The highest BCUT2D eigenvalue weighted by Crippen LogP contribution is 2.29. The molecule has 0 bridgehead atoms. The molecule has 3 aromatic heterocycles. The van der Waals surface area contributed by atoms with Gasteiger partial charge in [-0.1, -0.05) is 12.1 Å². The van der Waals surface area contributed by atoms with Gasteiger partial charge in [-0.25, -0.2) is 4.79 Å². The molecule has 1 aliphatic rings. The number of fused-ring (bicyclic) bond motifs is 2. The summed E-state index contributed by atoms with van der Waals surface area (Å²) in [5.74, 6) is 0. The molecule has 0 fully saturated rings. The summed E-state index contributed by atoms with van der Waals surface area (Å²) >= 11 is 0. The Balaban J connectivity index is 1.32. The van der Waals surface area contributed by atoms with Gasteiger partial charge in [0.15, 0.2) is 0 Å². The summed E-state index contributed by atoms with van der Waals surface area (Å²) in [5, 5.41) is 9.09. The average Bonchev–Trinajstić information content (AvgIpc) is 3.50. The maximum Gasteiger partial charge on any atom is 0.336 e. The summed E-state index contributed by atoms with van der Waals surface area (Å²) in [6.45, 7) is 1.16. The van der Waals surface area contributed by atoms with Gasteiger partial charge in [0.2, 0.25) is 0 Å². The minimum absolute atomic E-state index is 0.0168. The van der Waals surface area contributed by atoms with E-state index in [4.69, 9.17) is 4.42 Å². The van der Waals surface area contributed by atoms with E-state index in [1.165, 1.54) is 18.2 Å². The zero-order valence-corrected chi connectivity index (χ0v) is 19.6. The second kappa shape index (κ2) is 7.95. The highest BCUT2D eigenvalue weighted by molar-refractivity contribution is 7.89. The number of nitrogens with zero attached hydrogens (tertiary/aromatic N) is 5. The molecule has 6 rings (SSSR count). The fourth-order valence-electron chi connectivity index (χ4n) is 4.44. The van der Waals surface area contributed by atoms with Crippen molar-refractivity contribution in [2.45, 2.75) is 17.9 Å². The highest BCUT2D eigenvalue weighted by Gasteiger charge is 2.28. The van der Waals surface area contributed by atoms with Crippen LogP contribution in [0.15, 0.2) is 87.3 Å². The SMILES string of the molecule is Cn1cc(-c2ccc(N3CCc4cnn(S(=O)(=O)c5ccc6ccc(=O)oc6c5)c4C3)cc2)cn1. The number of hydrogen-bond donors (Lipinski definition) is 0. The van der Waals surface area contributed by atoms with Crippen LogP contribution in [0.1, 0.15) is 11.3 Å². The molecule has 0 radical (unpaired) electrons. The van der Waals surface area contributed by atoms with E-state index in [2.05, 4.69) is 15.1 Å². The van der Waals surface area contributed by atoms with E-state index in [0.717, 1.165) is 33.0 Å². The van der Waals surface area contributed by atoms with E-state index in [-0.39, 0.29) is 10.5 Å². The summed E-state index contributed by atoms with van der Waals surface area (Å²) < 4.78 is 35.0. The molecule has 1 aliphatic heterocycles. The van der Waals surface area contributed by atoms with Crippen LogP contribution in [-0.4, -0.2) is 33.9 Å². The van der Waals surface area contributed by atoms with Crippen LogP contribution in [0, 0.1) is 0 Å². The van der Waals surface area contributed by atoms with Crippen LogP contribution in [0.3, 0.4) is 0 Å². The molecule has 0 N–H and O–H groups in total. The first-order valence-electron chi connectivity index (χ1n) is 11.1. The minimum Gasteiger partial charge on any atom is -0.423 e. The molecule has 35 heavy (non-hydrogen) atoms. The lowest BCUT2D eigenvalue weighted by Crippen LogP contribution is -2.32. The zero-order chi connectivity index (χ0) is 24.2. The summed E-state index contributed by atoms with van der Waals surface area (Å²) in [7, 11) is -2.10. The second-order valence-corrected chi connectivity index (χ2v) is 10.3. The molecule has 9 nitrogen and oxygen atoms in total. The van der Waals surface area contributed by atoms with Crippen LogP contribution in [0.5, 0.6) is 0 Å². The molecule has 176 valence electrons. The van der Waals surface area contributed by atoms with Crippen molar-refractivity contribution in [3.8, 4) is 11.1 Å². The van der Waals surface area contributed by atoms with Gasteiger partial charge < -0.3 is 9.32 Å². The Morgan fingerprint density at radius 3 is 2.51 bits per heavy atom. The topological polar surface area (TPSA) is 103 Å². The summed E-state index contributed by atoms with van der Waals surface area (Å²) in [6.07, 6.45) is 6.09. The van der Waals surface area contributed by atoms with Crippen LogP contribution in [0.4, 0.5) is 5.69 Å². The Labute approximate surface area is 200 Å². The lowest BCUT2D eigenvalue weighted by Gasteiger charge is -2.29. The lowest BCUT2D eigenvalue weighted by molar-refractivity contribution is 0.557. The van der Waals surface area contributed by atoms with E-state index < -0.39 is 15.6 Å².